The van der Waals surface area contributed by atoms with E-state index >= 15 is 0 Å². The molecule has 8 heavy (non-hydrogen) atoms. The fourth-order valence-electron chi connectivity index (χ4n) is 0.322. The summed E-state index contributed by atoms with van der Waals surface area (Å²) in [5.41, 5.74) is 0. The molecule has 0 unspecified atom stereocenters. The molecule has 0 spiro atoms. The van der Waals surface area contributed by atoms with Crippen molar-refractivity contribution in [3.05, 3.63) is 17.5 Å². The zero-order valence-electron chi connectivity index (χ0n) is 3.89. The van der Waals surface area contributed by atoms with Crippen molar-refractivity contribution in [3.8, 4) is 4.97 Å². The van der Waals surface area contributed by atoms with Gasteiger partial charge in [-0.25, -0.2) is 0 Å². The van der Waals surface area contributed by atoms with E-state index in [4.69, 9.17) is 5.26 Å². The van der Waals surface area contributed by atoms with Crippen molar-refractivity contribution < 1.29 is 15.0 Å². The summed E-state index contributed by atoms with van der Waals surface area (Å²) < 4.78 is 1.05. The maximum atomic E-state index is 8.15. The third-order valence-electron chi connectivity index (χ3n) is 0.573. The van der Waals surface area contributed by atoms with Crippen LogP contribution in [0.1, 0.15) is 0 Å². The number of rotatable bonds is 1. The van der Waals surface area contributed by atoms with E-state index in [1.54, 1.807) is 11.3 Å². The van der Waals surface area contributed by atoms with E-state index in [9.17, 15) is 0 Å². The first-order valence-electron chi connectivity index (χ1n) is 1.92. The minimum absolute atomic E-state index is 1.05. The summed E-state index contributed by atoms with van der Waals surface area (Å²) >= 11 is 2.87. The molecule has 0 radical (unpaired) electrons. The van der Waals surface area contributed by atoms with Crippen molar-refractivity contribution in [1.82, 2.24) is 0 Å². The van der Waals surface area contributed by atoms with Gasteiger partial charge < -0.3 is 0 Å². The monoisotopic (exact) mass is 172 g/mol. The van der Waals surface area contributed by atoms with E-state index in [2.05, 4.69) is 0 Å². The third-order valence-corrected chi connectivity index (χ3v) is 2.29. The minimum atomic E-state index is 1.05. The Morgan fingerprint density at radius 2 is 2.62 bits per heavy atom. The van der Waals surface area contributed by atoms with Crippen LogP contribution in [0.5, 0.6) is 0 Å². The van der Waals surface area contributed by atoms with Gasteiger partial charge in [0.1, 0.15) is 0 Å². The van der Waals surface area contributed by atoms with Crippen LogP contribution in [-0.2, 0) is 15.0 Å². The SMILES string of the molecule is N#[C][Cu][c]1cccs1. The average molecular weight is 173 g/mol. The summed E-state index contributed by atoms with van der Waals surface area (Å²) in [5.74, 6) is 0. The summed E-state index contributed by atoms with van der Waals surface area (Å²) in [4.78, 5) is 1.99. The molecule has 0 aromatic carbocycles. The van der Waals surface area contributed by atoms with Crippen molar-refractivity contribution in [2.45, 2.75) is 0 Å². The number of hydrogen-bond donors (Lipinski definition) is 0. The van der Waals surface area contributed by atoms with Crippen LogP contribution in [0.4, 0.5) is 0 Å². The molecular formula is C5H3CuNS. The predicted molar refractivity (Wildman–Crippen MR) is 29.6 cm³/mol. The van der Waals surface area contributed by atoms with Crippen LogP contribution in [0.25, 0.3) is 0 Å². The summed E-state index contributed by atoms with van der Waals surface area (Å²) in [7, 11) is 0. The van der Waals surface area contributed by atoms with Crippen molar-refractivity contribution in [3.63, 3.8) is 0 Å². The van der Waals surface area contributed by atoms with Crippen LogP contribution in [0, 0.1) is 10.2 Å². The summed E-state index contributed by atoms with van der Waals surface area (Å²) in [6.45, 7) is 0. The molecule has 0 aliphatic rings. The third kappa shape index (κ3) is 1.34. The number of nitrogens with zero attached hydrogens (tertiary/aromatic N) is 1. The van der Waals surface area contributed by atoms with Gasteiger partial charge in [0.25, 0.3) is 0 Å². The Hall–Kier alpha value is -0.291. The number of nitriles is 1. The van der Waals surface area contributed by atoms with Gasteiger partial charge in [-0.15, -0.1) is 0 Å². The molecule has 3 heteroatoms. The van der Waals surface area contributed by atoms with Gasteiger partial charge in [0.2, 0.25) is 0 Å². The van der Waals surface area contributed by atoms with E-state index in [1.807, 2.05) is 22.5 Å². The Labute approximate surface area is 58.1 Å². The molecule has 0 fully saturated rings. The predicted octanol–water partition coefficient (Wildman–Crippen LogP) is 0.937. The van der Waals surface area contributed by atoms with E-state index in [0.29, 0.717) is 0 Å². The second-order valence-electron chi connectivity index (χ2n) is 1.02. The van der Waals surface area contributed by atoms with E-state index in [-0.39, 0.29) is 0 Å². The van der Waals surface area contributed by atoms with Gasteiger partial charge in [-0.3, -0.25) is 0 Å². The molecular weight excluding hydrogens is 170 g/mol. The summed E-state index contributed by atoms with van der Waals surface area (Å²) in [5, 5.41) is 10.1. The Morgan fingerprint density at radius 1 is 1.75 bits per heavy atom. The normalized spacial score (nSPS) is 8.88. The van der Waals surface area contributed by atoms with Crippen LogP contribution in [-0.4, -0.2) is 0 Å². The Kier molecular flexibility index (Phi) is 2.10. The molecule has 0 saturated heterocycles. The fourth-order valence-corrected chi connectivity index (χ4v) is 1.54. The van der Waals surface area contributed by atoms with Crippen LogP contribution in [0.3, 0.4) is 0 Å². The molecule has 0 bridgehead atoms. The topological polar surface area (TPSA) is 23.8 Å². The van der Waals surface area contributed by atoms with E-state index in [1.165, 1.54) is 15.0 Å². The second-order valence-corrected chi connectivity index (χ2v) is 3.18. The zero-order valence-corrected chi connectivity index (χ0v) is 5.65. The molecule has 1 heterocycles. The van der Waals surface area contributed by atoms with Gasteiger partial charge in [-0.05, 0) is 0 Å². The van der Waals surface area contributed by atoms with Gasteiger partial charge in [0, 0.05) is 0 Å². The zero-order chi connectivity index (χ0) is 5.82. The first kappa shape index (κ1) is 5.84. The molecule has 0 amide bonds. The molecule has 1 rings (SSSR count). The van der Waals surface area contributed by atoms with Crippen LogP contribution in [0.15, 0.2) is 17.5 Å². The Morgan fingerprint density at radius 3 is 3.12 bits per heavy atom. The molecule has 45 valence electrons. The molecule has 1 aromatic rings. The van der Waals surface area contributed by atoms with Crippen LogP contribution >= 0.6 is 11.3 Å². The van der Waals surface area contributed by atoms with Crippen LogP contribution < -0.4 is 3.78 Å². The van der Waals surface area contributed by atoms with Crippen molar-refractivity contribution in [1.29, 1.82) is 5.26 Å². The molecule has 0 saturated carbocycles. The van der Waals surface area contributed by atoms with E-state index in [0.717, 1.165) is 3.78 Å². The first-order valence-corrected chi connectivity index (χ1v) is 3.74. The van der Waals surface area contributed by atoms with Crippen LogP contribution in [0.2, 0.25) is 0 Å². The van der Waals surface area contributed by atoms with E-state index < -0.39 is 0 Å². The Balaban J connectivity index is 2.67. The second kappa shape index (κ2) is 2.88. The van der Waals surface area contributed by atoms with Crippen molar-refractivity contribution in [2.24, 2.45) is 0 Å². The molecule has 1 aromatic heterocycles. The van der Waals surface area contributed by atoms with Crippen molar-refractivity contribution in [2.75, 3.05) is 0 Å². The molecule has 0 aliphatic carbocycles. The first-order chi connectivity index (χ1) is 3.93. The average Bonchev–Trinajstić information content (AvgIpc) is 2.19. The van der Waals surface area contributed by atoms with Gasteiger partial charge in [0.15, 0.2) is 0 Å². The number of hydrogen-bond acceptors (Lipinski definition) is 2. The van der Waals surface area contributed by atoms with Crippen molar-refractivity contribution >= 4 is 15.1 Å². The van der Waals surface area contributed by atoms with Gasteiger partial charge in [-0.1, -0.05) is 0 Å². The molecule has 0 N–H and O–H groups in total. The fraction of sp³-hybridized carbons (Fsp3) is 0. The quantitative estimate of drug-likeness (QED) is 0.579. The van der Waals surface area contributed by atoms with Gasteiger partial charge in [0.05, 0.1) is 0 Å². The summed E-state index contributed by atoms with van der Waals surface area (Å²) in [6, 6.07) is 3.86. The number of thiophene rings is 1. The molecule has 1 nitrogen and oxygen atoms in total. The summed E-state index contributed by atoms with van der Waals surface area (Å²) in [6.07, 6.45) is 0. The molecule has 0 aliphatic heterocycles. The van der Waals surface area contributed by atoms with Gasteiger partial charge in [-0.2, -0.15) is 0 Å². The molecule has 0 atom stereocenters. The Bertz CT molecular complexity index is 187. The van der Waals surface area contributed by atoms with Gasteiger partial charge >= 0.3 is 57.8 Å². The maximum absolute atomic E-state index is 8.15. The standard InChI is InChI=1S/C4H3S.CN.Cu/c1-2-4-5-3-1;1-2;/h1-3H;;.